The van der Waals surface area contributed by atoms with Gasteiger partial charge in [0, 0.05) is 37.1 Å². The predicted octanol–water partition coefficient (Wildman–Crippen LogP) is 5.13. The maximum absolute atomic E-state index is 13.7. The van der Waals surface area contributed by atoms with Crippen molar-refractivity contribution in [3.05, 3.63) is 84.3 Å². The Morgan fingerprint density at radius 1 is 1.06 bits per heavy atom. The molecule has 174 valence electrons. The molecule has 0 bridgehead atoms. The van der Waals surface area contributed by atoms with E-state index in [1.54, 1.807) is 9.42 Å². The summed E-state index contributed by atoms with van der Waals surface area (Å²) in [6, 6.07) is 17.6. The molecule has 0 unspecified atom stereocenters. The lowest BCUT2D eigenvalue weighted by atomic mass is 10.0. The van der Waals surface area contributed by atoms with Crippen LogP contribution < -0.4 is 5.32 Å². The van der Waals surface area contributed by atoms with Crippen LogP contribution >= 0.6 is 0 Å². The van der Waals surface area contributed by atoms with Crippen molar-refractivity contribution in [2.75, 3.05) is 18.4 Å². The predicted molar refractivity (Wildman–Crippen MR) is 122 cm³/mol. The molecular weight excluding hydrogens is 443 g/mol. The number of rotatable bonds is 5. The van der Waals surface area contributed by atoms with Crippen LogP contribution in [0.5, 0.6) is 0 Å². The quantitative estimate of drug-likeness (QED) is 0.444. The van der Waals surface area contributed by atoms with E-state index >= 15 is 0 Å². The molecule has 1 aliphatic rings. The Labute approximate surface area is 194 Å². The molecular formula is C25H22F3N5O. The van der Waals surface area contributed by atoms with Crippen LogP contribution in [0.1, 0.15) is 28.9 Å². The molecule has 5 rings (SSSR count). The summed E-state index contributed by atoms with van der Waals surface area (Å²) in [5.74, 6) is 0.178. The third-order valence-corrected chi connectivity index (χ3v) is 6.05. The maximum atomic E-state index is 13.7. The van der Waals surface area contributed by atoms with Gasteiger partial charge in [0.2, 0.25) is 0 Å². The number of benzene rings is 1. The molecule has 6 nitrogen and oxygen atoms in total. The zero-order chi connectivity index (χ0) is 23.7. The highest BCUT2D eigenvalue weighted by molar-refractivity contribution is 6.03. The molecule has 9 heteroatoms. The summed E-state index contributed by atoms with van der Waals surface area (Å²) in [6.45, 7) is 0.978. The van der Waals surface area contributed by atoms with E-state index < -0.39 is 11.7 Å². The molecule has 1 N–H and O–H groups in total. The van der Waals surface area contributed by atoms with Crippen molar-refractivity contribution in [1.82, 2.24) is 19.5 Å². The minimum absolute atomic E-state index is 0.120. The number of halogens is 3. The third-order valence-electron chi connectivity index (χ3n) is 6.05. The number of alkyl halides is 3. The van der Waals surface area contributed by atoms with E-state index in [1.807, 2.05) is 54.7 Å². The minimum Gasteiger partial charge on any atom is -0.368 e. The lowest BCUT2D eigenvalue weighted by molar-refractivity contribution is -0.137. The van der Waals surface area contributed by atoms with Crippen LogP contribution in [-0.2, 0) is 6.18 Å². The molecule has 3 aromatic heterocycles. The fourth-order valence-corrected chi connectivity index (χ4v) is 4.38. The second-order valence-corrected chi connectivity index (χ2v) is 8.23. The van der Waals surface area contributed by atoms with Crippen molar-refractivity contribution < 1.29 is 18.0 Å². The van der Waals surface area contributed by atoms with E-state index in [2.05, 4.69) is 15.4 Å². The molecule has 1 fully saturated rings. The van der Waals surface area contributed by atoms with Crippen LogP contribution in [0.2, 0.25) is 0 Å². The zero-order valence-electron chi connectivity index (χ0n) is 18.2. The molecule has 1 aliphatic heterocycles. The van der Waals surface area contributed by atoms with Crippen LogP contribution in [-0.4, -0.2) is 44.5 Å². The number of aromatic nitrogens is 3. The molecule has 0 radical (unpaired) electrons. The number of fused-ring (bicyclic) bond motifs is 1. The van der Waals surface area contributed by atoms with Gasteiger partial charge in [-0.15, -0.1) is 0 Å². The minimum atomic E-state index is -4.43. The largest absolute Gasteiger partial charge is 0.417 e. The summed E-state index contributed by atoms with van der Waals surface area (Å²) >= 11 is 0. The van der Waals surface area contributed by atoms with E-state index in [0.29, 0.717) is 24.6 Å². The topological polar surface area (TPSA) is 62.5 Å². The second kappa shape index (κ2) is 8.81. The van der Waals surface area contributed by atoms with Gasteiger partial charge in [0.15, 0.2) is 5.69 Å². The first-order valence-electron chi connectivity index (χ1n) is 11.0. The lowest BCUT2D eigenvalue weighted by Gasteiger charge is -2.25. The summed E-state index contributed by atoms with van der Waals surface area (Å²) in [5, 5.41) is 7.68. The maximum Gasteiger partial charge on any atom is 0.417 e. The Balaban J connectivity index is 1.38. The van der Waals surface area contributed by atoms with Crippen LogP contribution in [0, 0.1) is 0 Å². The zero-order valence-corrected chi connectivity index (χ0v) is 18.2. The fourth-order valence-electron chi connectivity index (χ4n) is 4.38. The Bertz CT molecular complexity index is 1300. The molecule has 4 aromatic rings. The number of carbonyl (C=O) groups is 1. The van der Waals surface area contributed by atoms with Crippen molar-refractivity contribution in [3.8, 4) is 11.1 Å². The molecule has 34 heavy (non-hydrogen) atoms. The number of nitrogens with one attached hydrogen (secondary N) is 1. The van der Waals surface area contributed by atoms with Gasteiger partial charge in [0.05, 0.1) is 11.1 Å². The van der Waals surface area contributed by atoms with Crippen LogP contribution in [0.15, 0.2) is 73.1 Å². The smallest absolute Gasteiger partial charge is 0.368 e. The highest BCUT2D eigenvalue weighted by Gasteiger charge is 2.33. The number of anilines is 1. The van der Waals surface area contributed by atoms with E-state index in [0.717, 1.165) is 41.7 Å². The van der Waals surface area contributed by atoms with Gasteiger partial charge in [-0.2, -0.15) is 18.3 Å². The van der Waals surface area contributed by atoms with Crippen LogP contribution in [0.4, 0.5) is 19.0 Å². The first-order chi connectivity index (χ1) is 16.4. The first-order valence-corrected chi connectivity index (χ1v) is 11.0. The summed E-state index contributed by atoms with van der Waals surface area (Å²) in [6.07, 6.45) is -0.175. The molecule has 1 amide bonds. The van der Waals surface area contributed by atoms with E-state index in [9.17, 15) is 18.0 Å². The van der Waals surface area contributed by atoms with Crippen molar-refractivity contribution in [2.45, 2.75) is 25.1 Å². The highest BCUT2D eigenvalue weighted by Crippen LogP contribution is 2.31. The number of hydrogen-bond acceptors (Lipinski definition) is 4. The van der Waals surface area contributed by atoms with Gasteiger partial charge >= 0.3 is 6.18 Å². The Hall–Kier alpha value is -3.88. The van der Waals surface area contributed by atoms with Crippen molar-refractivity contribution in [3.63, 3.8) is 0 Å². The van der Waals surface area contributed by atoms with Crippen LogP contribution in [0.25, 0.3) is 16.6 Å². The van der Waals surface area contributed by atoms with E-state index in [1.165, 1.54) is 6.07 Å². The molecule has 4 heterocycles. The van der Waals surface area contributed by atoms with Gasteiger partial charge in [-0.25, -0.2) is 9.50 Å². The highest BCUT2D eigenvalue weighted by atomic mass is 19.4. The van der Waals surface area contributed by atoms with Gasteiger partial charge in [0.25, 0.3) is 5.91 Å². The molecule has 1 aromatic carbocycles. The van der Waals surface area contributed by atoms with E-state index in [-0.39, 0.29) is 11.9 Å². The normalized spacial score (nSPS) is 16.2. The molecule has 0 saturated carbocycles. The number of nitrogens with zero attached hydrogens (tertiary/aromatic N) is 4. The monoisotopic (exact) mass is 465 g/mol. The number of amides is 1. The Morgan fingerprint density at radius 3 is 2.59 bits per heavy atom. The van der Waals surface area contributed by atoms with Crippen LogP contribution in [0.3, 0.4) is 0 Å². The van der Waals surface area contributed by atoms with Gasteiger partial charge in [-0.3, -0.25) is 4.79 Å². The Morgan fingerprint density at radius 2 is 1.85 bits per heavy atom. The van der Waals surface area contributed by atoms with Crippen molar-refractivity contribution >= 4 is 17.2 Å². The number of carbonyl (C=O) groups excluding carboxylic acids is 1. The fraction of sp³-hybridized carbons (Fsp3) is 0.240. The molecule has 0 aliphatic carbocycles. The number of likely N-dealkylation sites (tertiary alicyclic amines) is 1. The molecule has 0 spiro atoms. The lowest BCUT2D eigenvalue weighted by Crippen LogP contribution is -2.40. The van der Waals surface area contributed by atoms with Gasteiger partial charge in [-0.1, -0.05) is 36.4 Å². The first kappa shape index (κ1) is 21.9. The summed E-state index contributed by atoms with van der Waals surface area (Å²) < 4.78 is 40.0. The molecule has 1 saturated heterocycles. The van der Waals surface area contributed by atoms with E-state index in [4.69, 9.17) is 0 Å². The summed E-state index contributed by atoms with van der Waals surface area (Å²) in [4.78, 5) is 19.3. The number of hydrogen-bond donors (Lipinski definition) is 1. The summed E-state index contributed by atoms with van der Waals surface area (Å²) in [5.41, 5.74) is 2.14. The van der Waals surface area contributed by atoms with Crippen molar-refractivity contribution in [1.29, 1.82) is 0 Å². The van der Waals surface area contributed by atoms with Gasteiger partial charge in [-0.05, 0) is 42.7 Å². The van der Waals surface area contributed by atoms with Gasteiger partial charge in [0.1, 0.15) is 5.82 Å². The number of pyridine rings is 2. The average molecular weight is 465 g/mol. The standard InChI is InChI=1S/C25H22F3N5O/c26-25(27,28)18-11-12-21(29-15-18)30-16-19-9-6-13-32(19)24(34)23-22(17-7-2-1-3-8-17)20-10-4-5-14-33(20)31-23/h1-5,7-8,10-12,14-15,19H,6,9,13,16H2,(H,29,30)/t19-/m0/s1. The molecule has 1 atom stereocenters. The third kappa shape index (κ3) is 4.21. The van der Waals surface area contributed by atoms with Crippen molar-refractivity contribution in [2.24, 2.45) is 0 Å². The Kier molecular flexibility index (Phi) is 5.69. The van der Waals surface area contributed by atoms with Gasteiger partial charge < -0.3 is 10.2 Å². The second-order valence-electron chi connectivity index (χ2n) is 8.23. The summed E-state index contributed by atoms with van der Waals surface area (Å²) in [7, 11) is 0. The average Bonchev–Trinajstić information content (AvgIpc) is 3.47. The SMILES string of the molecule is O=C(c1nn2ccccc2c1-c1ccccc1)N1CCC[C@H]1CNc1ccc(C(F)(F)F)cn1.